The lowest BCUT2D eigenvalue weighted by Crippen LogP contribution is -2.38. The highest BCUT2D eigenvalue weighted by Gasteiger charge is 2.48. The van der Waals surface area contributed by atoms with Crippen molar-refractivity contribution in [3.05, 3.63) is 70.3 Å². The first-order valence-electron chi connectivity index (χ1n) is 9.42. The number of rotatable bonds is 3. The van der Waals surface area contributed by atoms with E-state index in [1.54, 1.807) is 11.5 Å². The van der Waals surface area contributed by atoms with Crippen molar-refractivity contribution in [3.63, 3.8) is 0 Å². The standard InChI is InChI=1S/C22H24N2O3/c1-15-4-2-3-5-19(15)14-24-11-10-22(21(24)26)9-8-16-12-17(20(25)23-27)6-7-18(16)13-22/h2-7,12,27H,8-11,13-14H2,1H3,(H,23,25)/t22-/m1/s1. The second-order valence-electron chi connectivity index (χ2n) is 7.78. The average molecular weight is 364 g/mol. The van der Waals surface area contributed by atoms with Crippen LogP contribution in [0, 0.1) is 12.3 Å². The van der Waals surface area contributed by atoms with Crippen molar-refractivity contribution in [2.24, 2.45) is 5.41 Å². The molecule has 2 N–H and O–H groups in total. The van der Waals surface area contributed by atoms with Crippen molar-refractivity contribution in [2.75, 3.05) is 6.54 Å². The number of benzene rings is 2. The van der Waals surface area contributed by atoms with Crippen molar-refractivity contribution in [3.8, 4) is 0 Å². The third-order valence-electron chi connectivity index (χ3n) is 6.20. The summed E-state index contributed by atoms with van der Waals surface area (Å²) in [6, 6.07) is 13.7. The van der Waals surface area contributed by atoms with Crippen LogP contribution < -0.4 is 5.48 Å². The summed E-state index contributed by atoms with van der Waals surface area (Å²) in [6.07, 6.45) is 3.21. The maximum Gasteiger partial charge on any atom is 0.274 e. The monoisotopic (exact) mass is 364 g/mol. The van der Waals surface area contributed by atoms with Crippen LogP contribution in [0.1, 0.15) is 45.5 Å². The van der Waals surface area contributed by atoms with Crippen LogP contribution in [-0.4, -0.2) is 28.5 Å². The molecule has 2 amide bonds. The van der Waals surface area contributed by atoms with Gasteiger partial charge in [0.25, 0.3) is 5.91 Å². The van der Waals surface area contributed by atoms with Gasteiger partial charge in [0.05, 0.1) is 5.41 Å². The first-order chi connectivity index (χ1) is 13.0. The van der Waals surface area contributed by atoms with Crippen molar-refractivity contribution in [2.45, 2.75) is 39.2 Å². The molecular weight excluding hydrogens is 340 g/mol. The lowest BCUT2D eigenvalue weighted by Gasteiger charge is -2.33. The Morgan fingerprint density at radius 2 is 2.00 bits per heavy atom. The largest absolute Gasteiger partial charge is 0.338 e. The Bertz CT molecular complexity index is 908. The van der Waals surface area contributed by atoms with Gasteiger partial charge in [-0.05, 0) is 67.0 Å². The van der Waals surface area contributed by atoms with E-state index in [0.717, 1.165) is 43.4 Å². The molecule has 1 aliphatic heterocycles. The molecule has 1 fully saturated rings. The highest BCUT2D eigenvalue weighted by Crippen LogP contribution is 2.44. The number of aryl methyl sites for hydroxylation is 2. The second kappa shape index (κ2) is 6.82. The third kappa shape index (κ3) is 3.12. The van der Waals surface area contributed by atoms with E-state index in [1.165, 1.54) is 11.1 Å². The van der Waals surface area contributed by atoms with Crippen LogP contribution in [0.5, 0.6) is 0 Å². The minimum absolute atomic E-state index is 0.258. The molecular formula is C22H24N2O3. The molecule has 5 heteroatoms. The van der Waals surface area contributed by atoms with Crippen LogP contribution in [0.15, 0.2) is 42.5 Å². The average Bonchev–Trinajstić information content (AvgIpc) is 2.98. The summed E-state index contributed by atoms with van der Waals surface area (Å²) in [4.78, 5) is 26.9. The van der Waals surface area contributed by atoms with Crippen LogP contribution in [-0.2, 0) is 24.2 Å². The van der Waals surface area contributed by atoms with Crippen LogP contribution in [0.25, 0.3) is 0 Å². The van der Waals surface area contributed by atoms with Crippen molar-refractivity contribution < 1.29 is 14.8 Å². The maximum absolute atomic E-state index is 13.3. The van der Waals surface area contributed by atoms with Gasteiger partial charge in [-0.15, -0.1) is 0 Å². The van der Waals surface area contributed by atoms with Gasteiger partial charge in [0, 0.05) is 18.7 Å². The number of carbonyl (C=O) groups excluding carboxylic acids is 2. The van der Waals surface area contributed by atoms with Gasteiger partial charge in [-0.1, -0.05) is 30.3 Å². The van der Waals surface area contributed by atoms with E-state index >= 15 is 0 Å². The zero-order valence-corrected chi connectivity index (χ0v) is 15.5. The summed E-state index contributed by atoms with van der Waals surface area (Å²) in [7, 11) is 0. The quantitative estimate of drug-likeness (QED) is 0.650. The van der Waals surface area contributed by atoms with Crippen molar-refractivity contribution in [1.29, 1.82) is 0 Å². The van der Waals surface area contributed by atoms with E-state index in [1.807, 2.05) is 29.2 Å². The van der Waals surface area contributed by atoms with Crippen LogP contribution in [0.4, 0.5) is 0 Å². The van der Waals surface area contributed by atoms with E-state index in [-0.39, 0.29) is 11.3 Å². The van der Waals surface area contributed by atoms with Gasteiger partial charge in [0.1, 0.15) is 0 Å². The number of nitrogens with one attached hydrogen (secondary N) is 1. The van der Waals surface area contributed by atoms with Crippen molar-refractivity contribution in [1.82, 2.24) is 10.4 Å². The lowest BCUT2D eigenvalue weighted by molar-refractivity contribution is -0.137. The molecule has 1 aliphatic carbocycles. The molecule has 0 aromatic heterocycles. The number of fused-ring (bicyclic) bond motifs is 1. The molecule has 2 aromatic rings. The number of hydroxylamine groups is 1. The Labute approximate surface area is 159 Å². The Balaban J connectivity index is 1.53. The van der Waals surface area contributed by atoms with Gasteiger partial charge in [0.15, 0.2) is 0 Å². The zero-order valence-electron chi connectivity index (χ0n) is 15.5. The molecule has 140 valence electrons. The molecule has 2 aliphatic rings. The molecule has 1 heterocycles. The first-order valence-corrected chi connectivity index (χ1v) is 9.42. The van der Waals surface area contributed by atoms with Gasteiger partial charge >= 0.3 is 0 Å². The summed E-state index contributed by atoms with van der Waals surface area (Å²) in [5.74, 6) is -0.243. The number of hydrogen-bond donors (Lipinski definition) is 2. The Hall–Kier alpha value is -2.66. The minimum Gasteiger partial charge on any atom is -0.338 e. The van der Waals surface area contributed by atoms with E-state index in [4.69, 9.17) is 5.21 Å². The highest BCUT2D eigenvalue weighted by molar-refractivity contribution is 5.93. The molecule has 0 bridgehead atoms. The molecule has 2 aromatic carbocycles. The normalized spacial score (nSPS) is 21.4. The SMILES string of the molecule is Cc1ccccc1CN1CC[C@@]2(CCc3cc(C(=O)NO)ccc3C2)C1=O. The summed E-state index contributed by atoms with van der Waals surface area (Å²) >= 11 is 0. The third-order valence-corrected chi connectivity index (χ3v) is 6.20. The second-order valence-corrected chi connectivity index (χ2v) is 7.78. The molecule has 5 nitrogen and oxygen atoms in total. The predicted octanol–water partition coefficient (Wildman–Crippen LogP) is 3.02. The summed E-state index contributed by atoms with van der Waals surface area (Å²) in [5.41, 5.74) is 6.49. The molecule has 1 atom stereocenters. The van der Waals surface area contributed by atoms with Crippen LogP contribution >= 0.6 is 0 Å². The van der Waals surface area contributed by atoms with Crippen molar-refractivity contribution >= 4 is 11.8 Å². The van der Waals surface area contributed by atoms with Gasteiger partial charge in [-0.25, -0.2) is 5.48 Å². The summed E-state index contributed by atoms with van der Waals surface area (Å²) in [6.45, 7) is 3.56. The molecule has 1 spiro atoms. The molecule has 1 saturated heterocycles. The number of hydrogen-bond acceptors (Lipinski definition) is 3. The fourth-order valence-electron chi connectivity index (χ4n) is 4.50. The minimum atomic E-state index is -0.501. The number of amides is 2. The van der Waals surface area contributed by atoms with E-state index in [0.29, 0.717) is 12.1 Å². The number of likely N-dealkylation sites (tertiary alicyclic amines) is 1. The molecule has 0 saturated carbocycles. The zero-order chi connectivity index (χ0) is 19.0. The van der Waals surface area contributed by atoms with Crippen LogP contribution in [0.3, 0.4) is 0 Å². The summed E-state index contributed by atoms with van der Waals surface area (Å²) in [5, 5.41) is 8.81. The smallest absolute Gasteiger partial charge is 0.274 e. The molecule has 0 radical (unpaired) electrons. The van der Waals surface area contributed by atoms with E-state index in [2.05, 4.69) is 19.1 Å². The van der Waals surface area contributed by atoms with E-state index < -0.39 is 5.91 Å². The molecule has 27 heavy (non-hydrogen) atoms. The lowest BCUT2D eigenvalue weighted by atomic mass is 9.70. The molecule has 4 rings (SSSR count). The predicted molar refractivity (Wildman–Crippen MR) is 101 cm³/mol. The van der Waals surface area contributed by atoms with E-state index in [9.17, 15) is 9.59 Å². The summed E-state index contributed by atoms with van der Waals surface area (Å²) < 4.78 is 0. The number of nitrogens with zero attached hydrogens (tertiary/aromatic N) is 1. The maximum atomic E-state index is 13.3. The Kier molecular flexibility index (Phi) is 4.48. The van der Waals surface area contributed by atoms with Gasteiger partial charge in [-0.2, -0.15) is 0 Å². The number of carbonyl (C=O) groups is 2. The molecule has 0 unspecified atom stereocenters. The Morgan fingerprint density at radius 3 is 2.78 bits per heavy atom. The van der Waals surface area contributed by atoms with Gasteiger partial charge in [-0.3, -0.25) is 14.8 Å². The Morgan fingerprint density at radius 1 is 1.19 bits per heavy atom. The fourth-order valence-corrected chi connectivity index (χ4v) is 4.50. The topological polar surface area (TPSA) is 69.6 Å². The first kappa shape index (κ1) is 17.7. The highest BCUT2D eigenvalue weighted by atomic mass is 16.5. The van der Waals surface area contributed by atoms with Gasteiger partial charge < -0.3 is 4.90 Å². The fraction of sp³-hybridized carbons (Fsp3) is 0.364. The van der Waals surface area contributed by atoms with Gasteiger partial charge in [0.2, 0.25) is 5.91 Å². The van der Waals surface area contributed by atoms with Crippen LogP contribution in [0.2, 0.25) is 0 Å².